The molecule has 0 bridgehead atoms. The maximum atomic E-state index is 14.0. The maximum Gasteiger partial charge on any atom is 0.315 e. The van der Waals surface area contributed by atoms with E-state index in [1.807, 2.05) is 39.0 Å². The van der Waals surface area contributed by atoms with Crippen LogP contribution in [0.3, 0.4) is 0 Å². The molecule has 5 rings (SSSR count). The van der Waals surface area contributed by atoms with Crippen molar-refractivity contribution in [2.75, 3.05) is 6.54 Å². The second-order valence-corrected chi connectivity index (χ2v) is 17.2. The Hall–Kier alpha value is -3.50. The van der Waals surface area contributed by atoms with Crippen molar-refractivity contribution < 1.29 is 24.0 Å². The van der Waals surface area contributed by atoms with E-state index in [0.29, 0.717) is 43.6 Å². The van der Waals surface area contributed by atoms with Crippen LogP contribution < -0.4 is 21.7 Å². The lowest BCUT2D eigenvalue weighted by Gasteiger charge is -2.40. The van der Waals surface area contributed by atoms with E-state index in [9.17, 15) is 24.0 Å². The molecule has 0 spiro atoms. The molecule has 50 heavy (non-hydrogen) atoms. The highest BCUT2D eigenvalue weighted by molar-refractivity contribution is 6.35. The van der Waals surface area contributed by atoms with E-state index < -0.39 is 46.8 Å². The molecule has 0 radical (unpaired) electrons. The fraction of sp³-hybridized carbons (Fsp3) is 0.744. The van der Waals surface area contributed by atoms with E-state index in [2.05, 4.69) is 34.8 Å². The number of urea groups is 1. The fourth-order valence-electron chi connectivity index (χ4n) is 7.85. The van der Waals surface area contributed by atoms with E-state index >= 15 is 0 Å². The summed E-state index contributed by atoms with van der Waals surface area (Å²) in [7, 11) is 0. The lowest BCUT2D eigenvalue weighted by atomic mass is 9.78. The number of carbonyl (C=O) groups is 5. The van der Waals surface area contributed by atoms with Crippen LogP contribution in [0.1, 0.15) is 137 Å². The highest BCUT2D eigenvalue weighted by Crippen LogP contribution is 2.36. The molecule has 5 amide bonds. The van der Waals surface area contributed by atoms with E-state index in [1.54, 1.807) is 11.1 Å². The molecule has 4 aliphatic rings. The van der Waals surface area contributed by atoms with Crippen molar-refractivity contribution in [2.24, 2.45) is 22.5 Å². The lowest BCUT2D eigenvalue weighted by Crippen LogP contribution is -2.62. The first-order chi connectivity index (χ1) is 23.6. The third-order valence-corrected chi connectivity index (χ3v) is 11.0. The van der Waals surface area contributed by atoms with Gasteiger partial charge in [-0.3, -0.25) is 24.2 Å². The van der Waals surface area contributed by atoms with Crippen LogP contribution in [0.25, 0.3) is 0 Å². The maximum absolute atomic E-state index is 14.0. The number of nitrogens with one attached hydrogen (secondary N) is 3. The van der Waals surface area contributed by atoms with Crippen LogP contribution in [0.2, 0.25) is 0 Å². The summed E-state index contributed by atoms with van der Waals surface area (Å²) in [6.07, 6.45) is 16.6. The fourth-order valence-corrected chi connectivity index (χ4v) is 7.85. The quantitative estimate of drug-likeness (QED) is 0.216. The highest BCUT2D eigenvalue weighted by atomic mass is 16.2. The summed E-state index contributed by atoms with van der Waals surface area (Å²) in [6, 6.07) is 3.29. The van der Waals surface area contributed by atoms with E-state index in [1.165, 1.54) is 25.7 Å². The number of Topliss-reactive ketones (excluding diaryl/α,β-unsaturated/α-hetero) is 1. The monoisotopic (exact) mass is 694 g/mol. The van der Waals surface area contributed by atoms with Gasteiger partial charge in [-0.1, -0.05) is 85.6 Å². The van der Waals surface area contributed by atoms with Crippen molar-refractivity contribution >= 4 is 29.5 Å². The number of rotatable bonds is 12. The van der Waals surface area contributed by atoms with Crippen LogP contribution in [-0.2, 0) is 25.6 Å². The van der Waals surface area contributed by atoms with Crippen LogP contribution in [-0.4, -0.2) is 69.6 Å². The predicted octanol–water partition coefficient (Wildman–Crippen LogP) is 5.35. The van der Waals surface area contributed by atoms with Crippen LogP contribution in [0, 0.1) is 16.7 Å². The molecule has 5 N–H and O–H groups in total. The zero-order chi connectivity index (χ0) is 36.5. The van der Waals surface area contributed by atoms with Crippen molar-refractivity contribution in [1.82, 2.24) is 25.8 Å². The molecule has 3 saturated carbocycles. The number of hydrogen-bond donors (Lipinski definition) is 4. The minimum absolute atomic E-state index is 0.148. The minimum Gasteiger partial charge on any atom is -0.363 e. The van der Waals surface area contributed by atoms with Crippen molar-refractivity contribution in [1.29, 1.82) is 0 Å². The topological polar surface area (TPSA) is 164 Å². The SMILES string of the molecule is CC(C)(C)C(NC(=O)NC1(Cc2ccccn2)CCCCC1)C(=O)N1CCCC1C(=O)NC(CC(=O)C(N)=O)CC1CC1.CC1(C)CCCC1. The van der Waals surface area contributed by atoms with Gasteiger partial charge in [-0.25, -0.2) is 4.79 Å². The first-order valence-corrected chi connectivity index (χ1v) is 19.0. The molecule has 11 nitrogen and oxygen atoms in total. The van der Waals surface area contributed by atoms with Gasteiger partial charge in [0, 0.05) is 42.9 Å². The summed E-state index contributed by atoms with van der Waals surface area (Å²) >= 11 is 0. The van der Waals surface area contributed by atoms with Gasteiger partial charge in [0.25, 0.3) is 5.91 Å². The van der Waals surface area contributed by atoms with Crippen LogP contribution in [0.4, 0.5) is 4.79 Å². The summed E-state index contributed by atoms with van der Waals surface area (Å²) in [5.74, 6) is -1.98. The number of amides is 5. The number of nitrogens with two attached hydrogens (primary N) is 1. The standard InChI is InChI=1S/C32H48N6O5.C7H14/c1-31(2,3)26(36-30(43)37-32(14-6-4-7-15-32)20-22-10-5-8-16-34-22)29(42)38-17-9-11-24(38)28(41)35-23(18-21-12-13-21)19-25(39)27(33)40;1-7(2)5-3-4-6-7/h5,8,10,16,21,23-24,26H,4,6-7,9,11-15,17-20H2,1-3H3,(H2,33,40)(H,35,41)(H2,36,37,43);3-6H2,1-2H3. The highest BCUT2D eigenvalue weighted by Gasteiger charge is 2.43. The summed E-state index contributed by atoms with van der Waals surface area (Å²) < 4.78 is 0. The Bertz CT molecular complexity index is 1320. The minimum atomic E-state index is -1.01. The number of hydrogen-bond acceptors (Lipinski definition) is 6. The number of ketones is 1. The average molecular weight is 695 g/mol. The number of nitrogens with zero attached hydrogens (tertiary/aromatic N) is 2. The Morgan fingerprint density at radius 3 is 2.12 bits per heavy atom. The second-order valence-electron chi connectivity index (χ2n) is 17.2. The van der Waals surface area contributed by atoms with Crippen molar-refractivity contribution in [3.63, 3.8) is 0 Å². The molecule has 3 aliphatic carbocycles. The normalized spacial score (nSPS) is 22.3. The molecule has 3 unspecified atom stereocenters. The number of primary amides is 1. The third kappa shape index (κ3) is 11.8. The molecular weight excluding hydrogens is 632 g/mol. The van der Waals surface area contributed by atoms with Crippen LogP contribution in [0.15, 0.2) is 24.4 Å². The molecule has 4 fully saturated rings. The Labute approximate surface area is 299 Å². The summed E-state index contributed by atoms with van der Waals surface area (Å²) in [5.41, 5.74) is 5.70. The van der Waals surface area contributed by atoms with Gasteiger partial charge >= 0.3 is 6.03 Å². The zero-order valence-electron chi connectivity index (χ0n) is 31.2. The molecule has 278 valence electrons. The Morgan fingerprint density at radius 2 is 1.58 bits per heavy atom. The molecule has 11 heteroatoms. The van der Waals surface area contributed by atoms with E-state index in [0.717, 1.165) is 50.6 Å². The van der Waals surface area contributed by atoms with Crippen molar-refractivity contribution in [3.8, 4) is 0 Å². The summed E-state index contributed by atoms with van der Waals surface area (Å²) in [6.45, 7) is 10.8. The molecule has 1 aromatic rings. The largest absolute Gasteiger partial charge is 0.363 e. The van der Waals surface area contributed by atoms with Gasteiger partial charge in [-0.05, 0) is 73.8 Å². The van der Waals surface area contributed by atoms with Gasteiger partial charge < -0.3 is 26.6 Å². The molecule has 2 heterocycles. The zero-order valence-corrected chi connectivity index (χ0v) is 31.2. The molecule has 3 atom stereocenters. The van der Waals surface area contributed by atoms with Gasteiger partial charge in [-0.2, -0.15) is 0 Å². The predicted molar refractivity (Wildman–Crippen MR) is 194 cm³/mol. The Kier molecular flexibility index (Phi) is 13.5. The van der Waals surface area contributed by atoms with Gasteiger partial charge in [0.05, 0.1) is 0 Å². The summed E-state index contributed by atoms with van der Waals surface area (Å²) in [4.78, 5) is 70.5. The Balaban J connectivity index is 0.000000714. The number of carbonyl (C=O) groups excluding carboxylic acids is 5. The number of aromatic nitrogens is 1. The van der Waals surface area contributed by atoms with Crippen LogP contribution >= 0.6 is 0 Å². The smallest absolute Gasteiger partial charge is 0.315 e. The van der Waals surface area contributed by atoms with Gasteiger partial charge in [0.1, 0.15) is 12.1 Å². The number of pyridine rings is 1. The molecule has 1 saturated heterocycles. The molecule has 0 aromatic carbocycles. The van der Waals surface area contributed by atoms with Crippen LogP contribution in [0.5, 0.6) is 0 Å². The van der Waals surface area contributed by atoms with E-state index in [4.69, 9.17) is 5.73 Å². The first kappa shape index (κ1) is 39.3. The Morgan fingerprint density at radius 1 is 0.920 bits per heavy atom. The lowest BCUT2D eigenvalue weighted by molar-refractivity contribution is -0.142. The van der Waals surface area contributed by atoms with Gasteiger partial charge in [0.2, 0.25) is 17.6 Å². The van der Waals surface area contributed by atoms with Crippen molar-refractivity contribution in [3.05, 3.63) is 30.1 Å². The van der Waals surface area contributed by atoms with Gasteiger partial charge in [0.15, 0.2) is 0 Å². The number of likely N-dealkylation sites (tertiary alicyclic amines) is 1. The average Bonchev–Trinajstić information content (AvgIpc) is 3.54. The molecule has 1 aromatic heterocycles. The molecule has 1 aliphatic heterocycles. The van der Waals surface area contributed by atoms with Gasteiger partial charge in [-0.15, -0.1) is 0 Å². The summed E-state index contributed by atoms with van der Waals surface area (Å²) in [5, 5.41) is 9.14. The second kappa shape index (κ2) is 17.1. The van der Waals surface area contributed by atoms with E-state index in [-0.39, 0.29) is 18.2 Å². The first-order valence-electron chi connectivity index (χ1n) is 19.0. The third-order valence-electron chi connectivity index (χ3n) is 11.0. The molecular formula is C39H62N6O5. The van der Waals surface area contributed by atoms with Crippen molar-refractivity contribution in [2.45, 2.75) is 161 Å².